The molecule has 1 aliphatic heterocycles. The molecule has 3 rings (SSSR count). The van der Waals surface area contributed by atoms with Crippen molar-refractivity contribution in [3.05, 3.63) is 52.3 Å². The summed E-state index contributed by atoms with van der Waals surface area (Å²) >= 11 is 0. The third-order valence-corrected chi connectivity index (χ3v) is 4.77. The van der Waals surface area contributed by atoms with E-state index in [9.17, 15) is 4.79 Å². The Morgan fingerprint density at radius 1 is 1.24 bits per heavy atom. The number of aromatic nitrogens is 2. The molecule has 5 heteroatoms. The van der Waals surface area contributed by atoms with Crippen LogP contribution in [0.25, 0.3) is 0 Å². The third kappa shape index (κ3) is 4.10. The lowest BCUT2D eigenvalue weighted by Crippen LogP contribution is -2.36. The molecule has 5 nitrogen and oxygen atoms in total. The first-order valence-electron chi connectivity index (χ1n) is 9.03. The molecule has 134 valence electrons. The second-order valence-electron chi connectivity index (χ2n) is 6.79. The van der Waals surface area contributed by atoms with Gasteiger partial charge in [0.2, 0.25) is 5.91 Å². The van der Waals surface area contributed by atoms with E-state index in [4.69, 9.17) is 4.74 Å². The lowest BCUT2D eigenvalue weighted by molar-refractivity contribution is -0.132. The maximum atomic E-state index is 12.2. The van der Waals surface area contributed by atoms with Gasteiger partial charge in [-0.3, -0.25) is 9.48 Å². The average molecular weight is 341 g/mol. The molecule has 2 heterocycles. The molecule has 0 N–H and O–H groups in total. The fourth-order valence-corrected chi connectivity index (χ4v) is 3.32. The van der Waals surface area contributed by atoms with Crippen LogP contribution in [0.2, 0.25) is 0 Å². The first kappa shape index (κ1) is 17.7. The molecular formula is C20H27N3O2. The summed E-state index contributed by atoms with van der Waals surface area (Å²) in [7, 11) is 1.98. The second kappa shape index (κ2) is 7.83. The number of nitrogens with zero attached hydrogens (tertiary/aromatic N) is 3. The number of amides is 1. The van der Waals surface area contributed by atoms with Crippen LogP contribution in [0, 0.1) is 6.92 Å². The molecule has 0 fully saturated rings. The Kier molecular flexibility index (Phi) is 5.53. The highest BCUT2D eigenvalue weighted by Gasteiger charge is 2.26. The molecule has 0 saturated heterocycles. The van der Waals surface area contributed by atoms with Gasteiger partial charge >= 0.3 is 0 Å². The van der Waals surface area contributed by atoms with Crippen LogP contribution in [0.1, 0.15) is 47.8 Å². The molecule has 1 amide bonds. The Morgan fingerprint density at radius 2 is 2.00 bits per heavy atom. The lowest BCUT2D eigenvalue weighted by Gasteiger charge is -2.27. The molecule has 0 aliphatic carbocycles. The number of carbonyl (C=O) groups excluding carboxylic acids is 1. The van der Waals surface area contributed by atoms with Crippen molar-refractivity contribution < 1.29 is 9.53 Å². The Balaban J connectivity index is 1.65. The van der Waals surface area contributed by atoms with E-state index in [1.807, 2.05) is 23.6 Å². The number of rotatable bonds is 6. The topological polar surface area (TPSA) is 47.4 Å². The summed E-state index contributed by atoms with van der Waals surface area (Å²) in [4.78, 5) is 14.2. The highest BCUT2D eigenvalue weighted by molar-refractivity contribution is 5.76. The first-order chi connectivity index (χ1) is 12.1. The third-order valence-electron chi connectivity index (χ3n) is 4.77. The van der Waals surface area contributed by atoms with Crippen molar-refractivity contribution in [1.82, 2.24) is 14.7 Å². The second-order valence-corrected chi connectivity index (χ2v) is 6.79. The van der Waals surface area contributed by atoms with Gasteiger partial charge in [0.15, 0.2) is 0 Å². The molecule has 0 saturated carbocycles. The van der Waals surface area contributed by atoms with Crippen LogP contribution in [0.5, 0.6) is 0 Å². The average Bonchev–Trinajstić information content (AvgIpc) is 2.92. The largest absolute Gasteiger partial charge is 0.370 e. The van der Waals surface area contributed by atoms with Gasteiger partial charge in [0, 0.05) is 44.2 Å². The van der Waals surface area contributed by atoms with Crippen LogP contribution in [0.4, 0.5) is 0 Å². The van der Waals surface area contributed by atoms with Crippen LogP contribution in [0.3, 0.4) is 0 Å². The van der Waals surface area contributed by atoms with E-state index in [0.717, 1.165) is 30.6 Å². The summed E-state index contributed by atoms with van der Waals surface area (Å²) in [5.74, 6) is 0.239. The predicted octanol–water partition coefficient (Wildman–Crippen LogP) is 3.13. The van der Waals surface area contributed by atoms with Gasteiger partial charge in [0.05, 0.1) is 18.9 Å². The van der Waals surface area contributed by atoms with Crippen LogP contribution >= 0.6 is 0 Å². The summed E-state index contributed by atoms with van der Waals surface area (Å²) in [5, 5.41) is 4.63. The van der Waals surface area contributed by atoms with Gasteiger partial charge in [-0.2, -0.15) is 5.10 Å². The molecular weight excluding hydrogens is 314 g/mol. The van der Waals surface area contributed by atoms with Crippen LogP contribution in [0.15, 0.2) is 24.3 Å². The van der Waals surface area contributed by atoms with Crippen LogP contribution < -0.4 is 0 Å². The molecule has 0 atom stereocenters. The van der Waals surface area contributed by atoms with Crippen molar-refractivity contribution in [3.63, 3.8) is 0 Å². The van der Waals surface area contributed by atoms with E-state index in [-0.39, 0.29) is 5.91 Å². The summed E-state index contributed by atoms with van der Waals surface area (Å²) in [5.41, 5.74) is 5.77. The minimum absolute atomic E-state index is 0.239. The van der Waals surface area contributed by atoms with Gasteiger partial charge in [-0.15, -0.1) is 0 Å². The highest BCUT2D eigenvalue weighted by Crippen LogP contribution is 2.23. The summed E-state index contributed by atoms with van der Waals surface area (Å²) in [6.45, 7) is 6.62. The van der Waals surface area contributed by atoms with Crippen molar-refractivity contribution >= 4 is 5.91 Å². The Labute approximate surface area is 149 Å². The van der Waals surface area contributed by atoms with Crippen molar-refractivity contribution in [2.45, 2.75) is 52.9 Å². The molecule has 1 aromatic carbocycles. The first-order valence-corrected chi connectivity index (χ1v) is 9.03. The summed E-state index contributed by atoms with van der Waals surface area (Å²) in [6, 6.07) is 8.37. The quantitative estimate of drug-likeness (QED) is 0.811. The van der Waals surface area contributed by atoms with Gasteiger partial charge in [-0.1, -0.05) is 36.8 Å². The van der Waals surface area contributed by atoms with E-state index in [2.05, 4.69) is 36.3 Å². The van der Waals surface area contributed by atoms with Crippen molar-refractivity contribution in [1.29, 1.82) is 0 Å². The number of ether oxygens (including phenoxy) is 1. The van der Waals surface area contributed by atoms with Gasteiger partial charge in [-0.25, -0.2) is 0 Å². The van der Waals surface area contributed by atoms with E-state index < -0.39 is 0 Å². The van der Waals surface area contributed by atoms with Gasteiger partial charge in [0.1, 0.15) is 0 Å². The number of hydrogen-bond donors (Lipinski definition) is 0. The Hall–Kier alpha value is -2.14. The Morgan fingerprint density at radius 3 is 2.72 bits per heavy atom. The molecule has 0 bridgehead atoms. The van der Waals surface area contributed by atoms with Crippen LogP contribution in [-0.2, 0) is 42.8 Å². The molecule has 0 radical (unpaired) electrons. The maximum Gasteiger partial charge on any atom is 0.222 e. The standard InChI is InChI=1S/C20H27N3O2/c1-4-5-20(24)23-11-10-19-17(12-23)18(21-22(19)3)14-25-13-16-8-6-15(2)7-9-16/h6-9H,4-5,10-14H2,1-3H3. The van der Waals surface area contributed by atoms with Gasteiger partial charge in [-0.05, 0) is 18.9 Å². The fourth-order valence-electron chi connectivity index (χ4n) is 3.32. The number of fused-ring (bicyclic) bond motifs is 1. The zero-order chi connectivity index (χ0) is 17.8. The fraction of sp³-hybridized carbons (Fsp3) is 0.500. The summed E-state index contributed by atoms with van der Waals surface area (Å²) in [6.07, 6.45) is 2.38. The monoisotopic (exact) mass is 341 g/mol. The minimum Gasteiger partial charge on any atom is -0.370 e. The molecule has 2 aromatic rings. The Bertz CT molecular complexity index is 734. The SMILES string of the molecule is CCCC(=O)N1CCc2c(c(COCc3ccc(C)cc3)nn2C)C1. The molecule has 0 unspecified atom stereocenters. The normalized spacial score (nSPS) is 13.8. The zero-order valence-electron chi connectivity index (χ0n) is 15.4. The lowest BCUT2D eigenvalue weighted by atomic mass is 10.0. The predicted molar refractivity (Wildman–Crippen MR) is 96.9 cm³/mol. The van der Waals surface area contributed by atoms with E-state index >= 15 is 0 Å². The van der Waals surface area contributed by atoms with Crippen molar-refractivity contribution in [3.8, 4) is 0 Å². The molecule has 25 heavy (non-hydrogen) atoms. The van der Waals surface area contributed by atoms with E-state index in [1.165, 1.54) is 16.8 Å². The van der Waals surface area contributed by atoms with E-state index in [0.29, 0.717) is 26.2 Å². The molecule has 0 spiro atoms. The number of benzene rings is 1. The van der Waals surface area contributed by atoms with Crippen LogP contribution in [-0.4, -0.2) is 27.1 Å². The highest BCUT2D eigenvalue weighted by atomic mass is 16.5. The number of carbonyl (C=O) groups is 1. The number of hydrogen-bond acceptors (Lipinski definition) is 3. The van der Waals surface area contributed by atoms with Crippen molar-refractivity contribution in [2.24, 2.45) is 7.05 Å². The van der Waals surface area contributed by atoms with E-state index in [1.54, 1.807) is 0 Å². The molecule has 1 aromatic heterocycles. The number of aryl methyl sites for hydroxylation is 2. The summed E-state index contributed by atoms with van der Waals surface area (Å²) < 4.78 is 7.83. The van der Waals surface area contributed by atoms with Crippen molar-refractivity contribution in [2.75, 3.05) is 6.54 Å². The zero-order valence-corrected chi connectivity index (χ0v) is 15.4. The smallest absolute Gasteiger partial charge is 0.222 e. The molecule has 1 aliphatic rings. The van der Waals surface area contributed by atoms with Gasteiger partial charge in [0.25, 0.3) is 0 Å². The maximum absolute atomic E-state index is 12.2. The van der Waals surface area contributed by atoms with Gasteiger partial charge < -0.3 is 9.64 Å². The minimum atomic E-state index is 0.239.